The van der Waals surface area contributed by atoms with Crippen molar-refractivity contribution in [2.45, 2.75) is 33.1 Å². The van der Waals surface area contributed by atoms with Crippen molar-refractivity contribution in [3.63, 3.8) is 0 Å². The van der Waals surface area contributed by atoms with Gasteiger partial charge in [-0.3, -0.25) is 0 Å². The van der Waals surface area contributed by atoms with Gasteiger partial charge in [-0.1, -0.05) is 25.4 Å². The molecule has 3 heteroatoms. The topological polar surface area (TPSA) is 21.3 Å². The van der Waals surface area contributed by atoms with E-state index in [1.807, 2.05) is 25.2 Å². The van der Waals surface area contributed by atoms with E-state index in [0.717, 1.165) is 30.2 Å². The highest BCUT2D eigenvalue weighted by atomic mass is 35.5. The van der Waals surface area contributed by atoms with Gasteiger partial charge in [-0.15, -0.1) is 0 Å². The van der Waals surface area contributed by atoms with E-state index in [-0.39, 0.29) is 0 Å². The van der Waals surface area contributed by atoms with Crippen LogP contribution in [0.15, 0.2) is 18.2 Å². The van der Waals surface area contributed by atoms with Gasteiger partial charge in [0.15, 0.2) is 0 Å². The summed E-state index contributed by atoms with van der Waals surface area (Å²) in [5.41, 5.74) is 1.53. The van der Waals surface area contributed by atoms with Crippen molar-refractivity contribution in [3.8, 4) is 5.75 Å². The normalized spacial score (nSPS) is 11.6. The molecule has 102 valence electrons. The number of aryl methyl sites for hydroxylation is 1. The van der Waals surface area contributed by atoms with E-state index in [0.29, 0.717) is 5.41 Å². The molecular formula is C15H24ClNO. The van der Waals surface area contributed by atoms with Gasteiger partial charge in [0, 0.05) is 5.02 Å². The van der Waals surface area contributed by atoms with Crippen LogP contribution in [-0.2, 0) is 6.42 Å². The van der Waals surface area contributed by atoms with Gasteiger partial charge in [-0.05, 0) is 62.0 Å². The minimum Gasteiger partial charge on any atom is -0.496 e. The van der Waals surface area contributed by atoms with Crippen LogP contribution in [0.3, 0.4) is 0 Å². The van der Waals surface area contributed by atoms with Crippen LogP contribution in [0, 0.1) is 5.41 Å². The van der Waals surface area contributed by atoms with Gasteiger partial charge in [0.05, 0.1) is 7.11 Å². The van der Waals surface area contributed by atoms with Gasteiger partial charge >= 0.3 is 0 Å². The van der Waals surface area contributed by atoms with Gasteiger partial charge in [0.1, 0.15) is 5.75 Å². The Hall–Kier alpha value is -0.730. The Bertz CT molecular complexity index is 377. The van der Waals surface area contributed by atoms with E-state index in [4.69, 9.17) is 16.3 Å². The Kier molecular flexibility index (Phi) is 5.97. The molecule has 2 nitrogen and oxygen atoms in total. The zero-order chi connectivity index (χ0) is 13.6. The summed E-state index contributed by atoms with van der Waals surface area (Å²) in [5.74, 6) is 0.934. The summed E-state index contributed by atoms with van der Waals surface area (Å²) in [6.07, 6.45) is 3.30. The van der Waals surface area contributed by atoms with Crippen LogP contribution in [0.2, 0.25) is 5.02 Å². The number of benzene rings is 1. The highest BCUT2D eigenvalue weighted by Crippen LogP contribution is 2.30. The Morgan fingerprint density at radius 1 is 1.28 bits per heavy atom. The first-order valence-corrected chi connectivity index (χ1v) is 6.83. The maximum Gasteiger partial charge on any atom is 0.122 e. The highest BCUT2D eigenvalue weighted by Gasteiger charge is 2.18. The lowest BCUT2D eigenvalue weighted by Crippen LogP contribution is -2.20. The van der Waals surface area contributed by atoms with Gasteiger partial charge < -0.3 is 10.1 Å². The number of nitrogens with one attached hydrogen (secondary N) is 1. The summed E-state index contributed by atoms with van der Waals surface area (Å²) in [6.45, 7) is 5.67. The molecule has 0 heterocycles. The third kappa shape index (κ3) is 4.87. The Morgan fingerprint density at radius 3 is 2.61 bits per heavy atom. The fraction of sp³-hybridized carbons (Fsp3) is 0.600. The molecule has 0 atom stereocenters. The molecule has 18 heavy (non-hydrogen) atoms. The number of halogens is 1. The van der Waals surface area contributed by atoms with Crippen molar-refractivity contribution < 1.29 is 4.74 Å². The van der Waals surface area contributed by atoms with Crippen LogP contribution < -0.4 is 10.1 Å². The molecule has 0 aliphatic rings. The quantitative estimate of drug-likeness (QED) is 0.810. The number of methoxy groups -OCH3 is 1. The molecule has 0 saturated carbocycles. The lowest BCUT2D eigenvalue weighted by Gasteiger charge is -2.25. The summed E-state index contributed by atoms with van der Waals surface area (Å²) in [7, 11) is 3.70. The first-order valence-electron chi connectivity index (χ1n) is 6.45. The molecule has 0 aromatic heterocycles. The molecule has 1 aromatic carbocycles. The molecule has 1 rings (SSSR count). The van der Waals surface area contributed by atoms with Crippen LogP contribution in [0.25, 0.3) is 0 Å². The summed E-state index contributed by atoms with van der Waals surface area (Å²) in [4.78, 5) is 0. The zero-order valence-corrected chi connectivity index (χ0v) is 12.6. The van der Waals surface area contributed by atoms with E-state index >= 15 is 0 Å². The SMILES string of the molecule is CNCCC(C)(C)CCc1cc(Cl)ccc1OC. The molecule has 0 fully saturated rings. The molecule has 0 aliphatic heterocycles. The van der Waals surface area contributed by atoms with Crippen LogP contribution in [0.4, 0.5) is 0 Å². The first kappa shape index (κ1) is 15.3. The van der Waals surface area contributed by atoms with Crippen molar-refractivity contribution in [3.05, 3.63) is 28.8 Å². The first-order chi connectivity index (χ1) is 8.48. The van der Waals surface area contributed by atoms with E-state index in [9.17, 15) is 0 Å². The van der Waals surface area contributed by atoms with E-state index in [1.165, 1.54) is 12.0 Å². The molecule has 1 N–H and O–H groups in total. The second-order valence-electron chi connectivity index (χ2n) is 5.47. The van der Waals surface area contributed by atoms with Crippen molar-refractivity contribution in [1.82, 2.24) is 5.32 Å². The fourth-order valence-electron chi connectivity index (χ4n) is 2.00. The van der Waals surface area contributed by atoms with Gasteiger partial charge in [-0.2, -0.15) is 0 Å². The van der Waals surface area contributed by atoms with E-state index < -0.39 is 0 Å². The number of rotatable bonds is 7. The number of ether oxygens (including phenoxy) is 1. The molecule has 0 radical (unpaired) electrons. The van der Waals surface area contributed by atoms with Crippen LogP contribution in [0.5, 0.6) is 5.75 Å². The highest BCUT2D eigenvalue weighted by molar-refractivity contribution is 6.30. The monoisotopic (exact) mass is 269 g/mol. The average molecular weight is 270 g/mol. The molecule has 0 spiro atoms. The van der Waals surface area contributed by atoms with Gasteiger partial charge in [0.2, 0.25) is 0 Å². The van der Waals surface area contributed by atoms with E-state index in [1.54, 1.807) is 7.11 Å². The Balaban J connectivity index is 2.64. The Morgan fingerprint density at radius 2 is 2.00 bits per heavy atom. The fourth-order valence-corrected chi connectivity index (χ4v) is 2.20. The number of hydrogen-bond donors (Lipinski definition) is 1. The van der Waals surface area contributed by atoms with Crippen molar-refractivity contribution in [2.24, 2.45) is 5.41 Å². The lowest BCUT2D eigenvalue weighted by atomic mass is 9.83. The minimum atomic E-state index is 0.330. The predicted molar refractivity (Wildman–Crippen MR) is 78.6 cm³/mol. The van der Waals surface area contributed by atoms with Gasteiger partial charge in [-0.25, -0.2) is 0 Å². The third-order valence-electron chi connectivity index (χ3n) is 3.37. The predicted octanol–water partition coefficient (Wildman–Crippen LogP) is 3.92. The van der Waals surface area contributed by atoms with Crippen molar-refractivity contribution in [1.29, 1.82) is 0 Å². The second kappa shape index (κ2) is 7.01. The minimum absolute atomic E-state index is 0.330. The van der Waals surface area contributed by atoms with Crippen molar-refractivity contribution >= 4 is 11.6 Å². The molecule has 0 amide bonds. The summed E-state index contributed by atoms with van der Waals surface area (Å²) in [5, 5.41) is 3.98. The zero-order valence-electron chi connectivity index (χ0n) is 11.8. The average Bonchev–Trinajstić information content (AvgIpc) is 2.34. The van der Waals surface area contributed by atoms with Crippen molar-refractivity contribution in [2.75, 3.05) is 20.7 Å². The smallest absolute Gasteiger partial charge is 0.122 e. The summed E-state index contributed by atoms with van der Waals surface area (Å²) >= 11 is 6.04. The third-order valence-corrected chi connectivity index (χ3v) is 3.60. The van der Waals surface area contributed by atoms with Crippen LogP contribution >= 0.6 is 11.6 Å². The molecule has 1 aromatic rings. The standard InChI is InChI=1S/C15H24ClNO/c1-15(2,9-10-17-3)8-7-12-11-13(16)5-6-14(12)18-4/h5-6,11,17H,7-10H2,1-4H3. The maximum atomic E-state index is 6.04. The number of hydrogen-bond acceptors (Lipinski definition) is 2. The maximum absolute atomic E-state index is 6.04. The Labute approximate surface area is 116 Å². The molecule has 0 aliphatic carbocycles. The van der Waals surface area contributed by atoms with E-state index in [2.05, 4.69) is 19.2 Å². The molecule has 0 unspecified atom stereocenters. The second-order valence-corrected chi connectivity index (χ2v) is 5.91. The summed E-state index contributed by atoms with van der Waals surface area (Å²) < 4.78 is 5.38. The lowest BCUT2D eigenvalue weighted by molar-refractivity contribution is 0.303. The van der Waals surface area contributed by atoms with Crippen LogP contribution in [0.1, 0.15) is 32.3 Å². The molecule has 0 bridgehead atoms. The van der Waals surface area contributed by atoms with Crippen LogP contribution in [-0.4, -0.2) is 20.7 Å². The largest absolute Gasteiger partial charge is 0.496 e. The molecule has 0 saturated heterocycles. The van der Waals surface area contributed by atoms with Gasteiger partial charge in [0.25, 0.3) is 0 Å². The summed E-state index contributed by atoms with van der Waals surface area (Å²) in [6, 6.07) is 5.82. The molecular weight excluding hydrogens is 246 g/mol.